The zero-order valence-corrected chi connectivity index (χ0v) is 18.0. The van der Waals surface area contributed by atoms with Gasteiger partial charge in [-0.1, -0.05) is 30.0 Å². The van der Waals surface area contributed by atoms with Gasteiger partial charge in [0, 0.05) is 11.1 Å². The maximum Gasteiger partial charge on any atom is 0.311 e. The number of anilines is 1. The molecule has 31 heavy (non-hydrogen) atoms. The number of furan rings is 1. The molecule has 0 aliphatic heterocycles. The van der Waals surface area contributed by atoms with Crippen LogP contribution in [0, 0.1) is 0 Å². The molecule has 0 radical (unpaired) electrons. The molecule has 1 N–H and O–H groups in total. The average molecular weight is 456 g/mol. The standard InChI is InChI=1S/C20H17N5O4S2/c1-28-17(27)10-13-11-30-19(21-13)22-16(26)12-31-20-24-23-18(15-8-5-9-29-15)25(20)14-6-3-2-4-7-14/h2-9,11H,10,12H2,1H3,(H,21,22,26). The van der Waals surface area contributed by atoms with Crippen molar-refractivity contribution in [3.05, 3.63) is 59.8 Å². The minimum Gasteiger partial charge on any atom is -0.469 e. The van der Waals surface area contributed by atoms with Crippen LogP contribution in [0.4, 0.5) is 5.13 Å². The number of thioether (sulfide) groups is 1. The number of amides is 1. The molecule has 0 atom stereocenters. The third-order valence-corrected chi connectivity index (χ3v) is 5.81. The summed E-state index contributed by atoms with van der Waals surface area (Å²) in [5.74, 6) is 0.604. The summed E-state index contributed by atoms with van der Waals surface area (Å²) in [6.45, 7) is 0. The Kier molecular flexibility index (Phi) is 6.43. The highest BCUT2D eigenvalue weighted by atomic mass is 32.2. The van der Waals surface area contributed by atoms with Gasteiger partial charge < -0.3 is 14.5 Å². The first-order valence-corrected chi connectivity index (χ1v) is 11.0. The second-order valence-electron chi connectivity index (χ2n) is 6.19. The number of hydrogen-bond acceptors (Lipinski definition) is 9. The van der Waals surface area contributed by atoms with Crippen LogP contribution in [0.15, 0.2) is 63.7 Å². The first kappa shape index (κ1) is 20.8. The van der Waals surface area contributed by atoms with E-state index in [-0.39, 0.29) is 24.1 Å². The summed E-state index contributed by atoms with van der Waals surface area (Å²) >= 11 is 2.50. The number of benzene rings is 1. The Morgan fingerprint density at radius 1 is 1.19 bits per heavy atom. The molecule has 0 fully saturated rings. The molecular weight excluding hydrogens is 438 g/mol. The number of para-hydroxylation sites is 1. The molecule has 4 aromatic rings. The van der Waals surface area contributed by atoms with Crippen molar-refractivity contribution < 1.29 is 18.7 Å². The van der Waals surface area contributed by atoms with Crippen molar-refractivity contribution in [2.75, 3.05) is 18.2 Å². The highest BCUT2D eigenvalue weighted by Gasteiger charge is 2.19. The highest BCUT2D eigenvalue weighted by molar-refractivity contribution is 7.99. The normalized spacial score (nSPS) is 10.7. The molecule has 1 aromatic carbocycles. The van der Waals surface area contributed by atoms with Gasteiger partial charge in [-0.2, -0.15) is 0 Å². The van der Waals surface area contributed by atoms with E-state index in [4.69, 9.17) is 4.42 Å². The van der Waals surface area contributed by atoms with Gasteiger partial charge in [-0.3, -0.25) is 14.2 Å². The van der Waals surface area contributed by atoms with Crippen LogP contribution in [-0.4, -0.2) is 44.5 Å². The van der Waals surface area contributed by atoms with Crippen molar-refractivity contribution >= 4 is 40.1 Å². The summed E-state index contributed by atoms with van der Waals surface area (Å²) in [6, 6.07) is 13.2. The number of esters is 1. The number of carbonyl (C=O) groups excluding carboxylic acids is 2. The molecule has 0 aliphatic carbocycles. The van der Waals surface area contributed by atoms with Crippen LogP contribution in [0.5, 0.6) is 0 Å². The van der Waals surface area contributed by atoms with Gasteiger partial charge in [0.25, 0.3) is 0 Å². The van der Waals surface area contributed by atoms with Crippen molar-refractivity contribution in [2.45, 2.75) is 11.6 Å². The summed E-state index contributed by atoms with van der Waals surface area (Å²) in [5.41, 5.74) is 1.40. The summed E-state index contributed by atoms with van der Waals surface area (Å²) in [7, 11) is 1.32. The molecule has 3 aromatic heterocycles. The van der Waals surface area contributed by atoms with Crippen LogP contribution in [0.2, 0.25) is 0 Å². The molecule has 11 heteroatoms. The van der Waals surface area contributed by atoms with Gasteiger partial charge in [0.05, 0.1) is 31.2 Å². The molecule has 0 bridgehead atoms. The number of thiazole rings is 1. The maximum absolute atomic E-state index is 12.4. The molecule has 3 heterocycles. The van der Waals surface area contributed by atoms with Crippen molar-refractivity contribution in [3.8, 4) is 17.3 Å². The number of aromatic nitrogens is 4. The minimum atomic E-state index is -0.383. The second-order valence-corrected chi connectivity index (χ2v) is 7.99. The third kappa shape index (κ3) is 5.01. The van der Waals surface area contributed by atoms with E-state index in [0.29, 0.717) is 27.6 Å². The van der Waals surface area contributed by atoms with E-state index in [1.54, 1.807) is 23.8 Å². The molecule has 0 unspecified atom stereocenters. The van der Waals surface area contributed by atoms with E-state index in [2.05, 4.69) is 25.2 Å². The molecule has 9 nitrogen and oxygen atoms in total. The Labute approximate surface area is 185 Å². The highest BCUT2D eigenvalue weighted by Crippen LogP contribution is 2.28. The lowest BCUT2D eigenvalue weighted by atomic mass is 10.3. The number of nitrogens with one attached hydrogen (secondary N) is 1. The Morgan fingerprint density at radius 2 is 2.03 bits per heavy atom. The van der Waals surface area contributed by atoms with Crippen LogP contribution >= 0.6 is 23.1 Å². The largest absolute Gasteiger partial charge is 0.469 e. The van der Waals surface area contributed by atoms with Gasteiger partial charge in [0.15, 0.2) is 16.0 Å². The number of methoxy groups -OCH3 is 1. The van der Waals surface area contributed by atoms with Gasteiger partial charge >= 0.3 is 5.97 Å². The third-order valence-electron chi connectivity index (χ3n) is 4.07. The van der Waals surface area contributed by atoms with Crippen LogP contribution < -0.4 is 5.32 Å². The van der Waals surface area contributed by atoms with Crippen molar-refractivity contribution in [1.29, 1.82) is 0 Å². The Bertz CT molecular complexity index is 1170. The summed E-state index contributed by atoms with van der Waals surface area (Å²) in [5, 5.41) is 13.9. The molecule has 0 aliphatic rings. The Balaban J connectivity index is 1.46. The number of nitrogens with zero attached hydrogens (tertiary/aromatic N) is 4. The quantitative estimate of drug-likeness (QED) is 0.318. The van der Waals surface area contributed by atoms with Gasteiger partial charge in [-0.05, 0) is 24.3 Å². The van der Waals surface area contributed by atoms with E-state index in [0.717, 1.165) is 5.69 Å². The van der Waals surface area contributed by atoms with E-state index >= 15 is 0 Å². The molecule has 4 rings (SSSR count). The summed E-state index contributed by atoms with van der Waals surface area (Å²) < 4.78 is 11.9. The van der Waals surface area contributed by atoms with Gasteiger partial charge in [-0.25, -0.2) is 4.98 Å². The van der Waals surface area contributed by atoms with E-state index in [1.807, 2.05) is 34.9 Å². The fourth-order valence-corrected chi connectivity index (χ4v) is 4.17. The number of hydrogen-bond donors (Lipinski definition) is 1. The predicted octanol–water partition coefficient (Wildman–Crippen LogP) is 3.43. The van der Waals surface area contributed by atoms with Gasteiger partial charge in [0.1, 0.15) is 0 Å². The molecule has 158 valence electrons. The monoisotopic (exact) mass is 455 g/mol. The lowest BCUT2D eigenvalue weighted by Crippen LogP contribution is -2.14. The Hall–Kier alpha value is -3.44. The van der Waals surface area contributed by atoms with Crippen molar-refractivity contribution in [2.24, 2.45) is 0 Å². The van der Waals surface area contributed by atoms with Crippen LogP contribution in [0.1, 0.15) is 5.69 Å². The second kappa shape index (κ2) is 9.58. The van der Waals surface area contributed by atoms with E-state index < -0.39 is 0 Å². The van der Waals surface area contributed by atoms with Crippen molar-refractivity contribution in [1.82, 2.24) is 19.7 Å². The molecule has 0 saturated carbocycles. The van der Waals surface area contributed by atoms with Gasteiger partial charge in [0.2, 0.25) is 11.7 Å². The molecule has 0 saturated heterocycles. The van der Waals surface area contributed by atoms with E-state index in [9.17, 15) is 9.59 Å². The summed E-state index contributed by atoms with van der Waals surface area (Å²) in [6.07, 6.45) is 1.63. The zero-order valence-electron chi connectivity index (χ0n) is 16.3. The number of rotatable bonds is 8. The molecule has 1 amide bonds. The Morgan fingerprint density at radius 3 is 2.77 bits per heavy atom. The first-order chi connectivity index (χ1) is 15.1. The number of ether oxygens (including phenoxy) is 1. The predicted molar refractivity (Wildman–Crippen MR) is 116 cm³/mol. The zero-order chi connectivity index (χ0) is 21.6. The minimum absolute atomic E-state index is 0.0629. The van der Waals surface area contributed by atoms with Crippen molar-refractivity contribution in [3.63, 3.8) is 0 Å². The lowest BCUT2D eigenvalue weighted by molar-refractivity contribution is -0.139. The van der Waals surface area contributed by atoms with Crippen LogP contribution in [0.3, 0.4) is 0 Å². The fourth-order valence-electron chi connectivity index (χ4n) is 2.69. The molecular formula is C20H17N5O4S2. The lowest BCUT2D eigenvalue weighted by Gasteiger charge is -2.08. The number of carbonyl (C=O) groups is 2. The van der Waals surface area contributed by atoms with Gasteiger partial charge in [-0.15, -0.1) is 21.5 Å². The maximum atomic E-state index is 12.4. The average Bonchev–Trinajstić information content (AvgIpc) is 3.53. The van der Waals surface area contributed by atoms with Crippen LogP contribution in [0.25, 0.3) is 17.3 Å². The molecule has 0 spiro atoms. The fraction of sp³-hybridized carbons (Fsp3) is 0.150. The summed E-state index contributed by atoms with van der Waals surface area (Å²) in [4.78, 5) is 28.0. The SMILES string of the molecule is COC(=O)Cc1csc(NC(=O)CSc2nnc(-c3ccco3)n2-c2ccccc2)n1. The smallest absolute Gasteiger partial charge is 0.311 e. The van der Waals surface area contributed by atoms with Crippen LogP contribution in [-0.2, 0) is 20.7 Å². The first-order valence-electron chi connectivity index (χ1n) is 9.12. The van der Waals surface area contributed by atoms with E-state index in [1.165, 1.54) is 30.2 Å². The topological polar surface area (TPSA) is 112 Å².